The van der Waals surface area contributed by atoms with Crippen LogP contribution in [-0.4, -0.2) is 53.2 Å². The van der Waals surface area contributed by atoms with Gasteiger partial charge in [0, 0.05) is 11.8 Å². The van der Waals surface area contributed by atoms with Crippen molar-refractivity contribution in [3.05, 3.63) is 35.9 Å². The van der Waals surface area contributed by atoms with Gasteiger partial charge < -0.3 is 14.2 Å². The highest BCUT2D eigenvalue weighted by Crippen LogP contribution is 2.24. The summed E-state index contributed by atoms with van der Waals surface area (Å²) in [5.74, 6) is -0.440. The third-order valence-corrected chi connectivity index (χ3v) is 4.14. The largest absolute Gasteiger partial charge is 0.459 e. The maximum Gasteiger partial charge on any atom is 0.411 e. The van der Waals surface area contributed by atoms with Crippen LogP contribution in [0.5, 0.6) is 0 Å². The molecule has 1 aromatic rings. The highest BCUT2D eigenvalue weighted by molar-refractivity contribution is 9.09. The van der Waals surface area contributed by atoms with E-state index < -0.39 is 23.7 Å². The van der Waals surface area contributed by atoms with Crippen LogP contribution in [-0.2, 0) is 25.6 Å². The molecule has 144 valence electrons. The first kappa shape index (κ1) is 20.7. The van der Waals surface area contributed by atoms with E-state index in [2.05, 4.69) is 15.9 Å². The fourth-order valence-electron chi connectivity index (χ4n) is 2.70. The van der Waals surface area contributed by atoms with E-state index in [0.717, 1.165) is 5.56 Å². The minimum Gasteiger partial charge on any atom is -0.459 e. The lowest BCUT2D eigenvalue weighted by molar-refractivity contribution is -0.150. The quantitative estimate of drug-likeness (QED) is 0.513. The Morgan fingerprint density at radius 3 is 2.54 bits per heavy atom. The fraction of sp³-hybridized carbons (Fsp3) is 0.579. The summed E-state index contributed by atoms with van der Waals surface area (Å²) in [4.78, 5) is 26.5. The zero-order chi connectivity index (χ0) is 19.2. The molecule has 2 unspecified atom stereocenters. The number of nitrogens with zero attached hydrogens (tertiary/aromatic N) is 1. The second-order valence-corrected chi connectivity index (χ2v) is 7.95. The molecular formula is C19H26BrNO5. The third kappa shape index (κ3) is 6.29. The number of likely N-dealkylation sites (tertiary alicyclic amines) is 1. The van der Waals surface area contributed by atoms with Crippen molar-refractivity contribution in [3.63, 3.8) is 0 Å². The van der Waals surface area contributed by atoms with E-state index in [1.165, 1.54) is 4.90 Å². The number of hydrogen-bond acceptors (Lipinski definition) is 5. The molecule has 7 heteroatoms. The number of rotatable bonds is 6. The van der Waals surface area contributed by atoms with Crippen molar-refractivity contribution in [2.45, 2.75) is 51.5 Å². The van der Waals surface area contributed by atoms with Crippen LogP contribution in [0.1, 0.15) is 32.8 Å². The van der Waals surface area contributed by atoms with Gasteiger partial charge in [-0.3, -0.25) is 4.90 Å². The average Bonchev–Trinajstić information content (AvgIpc) is 3.02. The van der Waals surface area contributed by atoms with Gasteiger partial charge in [0.2, 0.25) is 0 Å². The van der Waals surface area contributed by atoms with Crippen molar-refractivity contribution < 1.29 is 23.8 Å². The molecule has 0 spiro atoms. The van der Waals surface area contributed by atoms with Gasteiger partial charge in [0.05, 0.1) is 19.3 Å². The molecule has 0 aromatic heterocycles. The molecule has 26 heavy (non-hydrogen) atoms. The molecule has 1 saturated heterocycles. The van der Waals surface area contributed by atoms with Crippen LogP contribution >= 0.6 is 15.9 Å². The zero-order valence-corrected chi connectivity index (χ0v) is 17.0. The molecule has 0 aliphatic carbocycles. The van der Waals surface area contributed by atoms with Gasteiger partial charge in [-0.1, -0.05) is 46.3 Å². The summed E-state index contributed by atoms with van der Waals surface area (Å²) in [5, 5.41) is 0.694. The number of benzene rings is 1. The van der Waals surface area contributed by atoms with Crippen LogP contribution in [0.2, 0.25) is 0 Å². The minimum absolute atomic E-state index is 0.172. The molecule has 0 radical (unpaired) electrons. The minimum atomic E-state index is -0.700. The number of halogens is 1. The topological polar surface area (TPSA) is 65.1 Å². The lowest BCUT2D eigenvalue weighted by atomic mass is 10.2. The van der Waals surface area contributed by atoms with E-state index >= 15 is 0 Å². The van der Waals surface area contributed by atoms with Crippen LogP contribution in [0.3, 0.4) is 0 Å². The van der Waals surface area contributed by atoms with Gasteiger partial charge >= 0.3 is 12.1 Å². The summed E-state index contributed by atoms with van der Waals surface area (Å²) >= 11 is 3.31. The molecule has 1 aliphatic heterocycles. The Kier molecular flexibility index (Phi) is 7.46. The van der Waals surface area contributed by atoms with E-state index in [0.29, 0.717) is 24.9 Å². The molecule has 2 rings (SSSR count). The molecule has 0 bridgehead atoms. The zero-order valence-electron chi connectivity index (χ0n) is 15.4. The SMILES string of the molecule is CC(C)(C)OC(=O)N1CC(OCCBr)CC1C(=O)OCc1ccccc1. The lowest BCUT2D eigenvalue weighted by Gasteiger charge is -2.27. The van der Waals surface area contributed by atoms with Crippen LogP contribution in [0.25, 0.3) is 0 Å². The number of hydrogen-bond donors (Lipinski definition) is 0. The van der Waals surface area contributed by atoms with Crippen molar-refractivity contribution in [2.24, 2.45) is 0 Å². The fourth-order valence-corrected chi connectivity index (χ4v) is 2.89. The predicted molar refractivity (Wildman–Crippen MR) is 101 cm³/mol. The molecule has 1 amide bonds. The summed E-state index contributed by atoms with van der Waals surface area (Å²) in [6, 6.07) is 8.74. The second kappa shape index (κ2) is 9.37. The van der Waals surface area contributed by atoms with E-state index in [9.17, 15) is 9.59 Å². The Morgan fingerprint density at radius 2 is 1.92 bits per heavy atom. The summed E-state index contributed by atoms with van der Waals surface area (Å²) in [5.41, 5.74) is 0.263. The molecule has 0 saturated carbocycles. The van der Waals surface area contributed by atoms with E-state index in [1.54, 1.807) is 20.8 Å². The summed E-state index contributed by atoms with van der Waals surface area (Å²) < 4.78 is 16.6. The number of carbonyl (C=O) groups is 2. The normalized spacial score (nSPS) is 20.1. The van der Waals surface area contributed by atoms with E-state index in [-0.39, 0.29) is 12.7 Å². The average molecular weight is 428 g/mol. The summed E-state index contributed by atoms with van der Waals surface area (Å²) in [7, 11) is 0. The second-order valence-electron chi connectivity index (χ2n) is 7.16. The Hall–Kier alpha value is -1.60. The van der Waals surface area contributed by atoms with Crippen LogP contribution in [0.4, 0.5) is 4.79 Å². The van der Waals surface area contributed by atoms with E-state index in [4.69, 9.17) is 14.2 Å². The van der Waals surface area contributed by atoms with Gasteiger partial charge in [-0.25, -0.2) is 9.59 Å². The highest BCUT2D eigenvalue weighted by atomic mass is 79.9. The van der Waals surface area contributed by atoms with Crippen LogP contribution in [0.15, 0.2) is 30.3 Å². The van der Waals surface area contributed by atoms with E-state index in [1.807, 2.05) is 30.3 Å². The Morgan fingerprint density at radius 1 is 1.23 bits per heavy atom. The Labute approximate surface area is 162 Å². The van der Waals surface area contributed by atoms with Crippen molar-refractivity contribution >= 4 is 28.0 Å². The van der Waals surface area contributed by atoms with Gasteiger partial charge in [-0.15, -0.1) is 0 Å². The highest BCUT2D eigenvalue weighted by Gasteiger charge is 2.42. The summed E-state index contributed by atoms with van der Waals surface area (Å²) in [6.07, 6.45) is -0.335. The van der Waals surface area contributed by atoms with Crippen molar-refractivity contribution in [2.75, 3.05) is 18.5 Å². The molecule has 1 aliphatic rings. The van der Waals surface area contributed by atoms with Gasteiger partial charge in [-0.2, -0.15) is 0 Å². The van der Waals surface area contributed by atoms with Crippen LogP contribution < -0.4 is 0 Å². The molecule has 2 atom stereocenters. The first-order valence-corrected chi connectivity index (χ1v) is 9.80. The molecule has 1 aromatic carbocycles. The van der Waals surface area contributed by atoms with Gasteiger partial charge in [0.15, 0.2) is 0 Å². The van der Waals surface area contributed by atoms with Crippen molar-refractivity contribution in [1.82, 2.24) is 4.90 Å². The number of amides is 1. The van der Waals surface area contributed by atoms with Crippen molar-refractivity contribution in [1.29, 1.82) is 0 Å². The number of esters is 1. The standard InChI is InChI=1S/C19H26BrNO5/c1-19(2,3)26-18(23)21-12-15(24-10-9-20)11-16(21)17(22)25-13-14-7-5-4-6-8-14/h4-8,15-16H,9-13H2,1-3H3. The number of carbonyl (C=O) groups excluding carboxylic acids is 2. The van der Waals surface area contributed by atoms with Gasteiger partial charge in [0.1, 0.15) is 18.2 Å². The monoisotopic (exact) mass is 427 g/mol. The van der Waals surface area contributed by atoms with Gasteiger partial charge in [0.25, 0.3) is 0 Å². The smallest absolute Gasteiger partial charge is 0.411 e. The first-order chi connectivity index (χ1) is 12.3. The molecule has 1 fully saturated rings. The molecule has 1 heterocycles. The number of alkyl halides is 1. The molecule has 6 nitrogen and oxygen atoms in total. The van der Waals surface area contributed by atoms with Gasteiger partial charge in [-0.05, 0) is 26.3 Å². The first-order valence-electron chi connectivity index (χ1n) is 8.68. The van der Waals surface area contributed by atoms with Crippen molar-refractivity contribution in [3.8, 4) is 0 Å². The Bertz CT molecular complexity index is 602. The van der Waals surface area contributed by atoms with Crippen LogP contribution in [0, 0.1) is 0 Å². The maximum absolute atomic E-state index is 12.6. The molecule has 0 N–H and O–H groups in total. The maximum atomic E-state index is 12.6. The molecular weight excluding hydrogens is 402 g/mol. The lowest BCUT2D eigenvalue weighted by Crippen LogP contribution is -2.44. The third-order valence-electron chi connectivity index (χ3n) is 3.82. The predicted octanol–water partition coefficient (Wildman–Crippen LogP) is 3.52. The summed E-state index contributed by atoms with van der Waals surface area (Å²) in [6.45, 7) is 6.38. The number of ether oxygens (including phenoxy) is 3. The Balaban J connectivity index is 2.02.